The van der Waals surface area contributed by atoms with Gasteiger partial charge in [-0.05, 0) is 25.6 Å². The average molecular weight is 258 g/mol. The van der Waals surface area contributed by atoms with Crippen LogP contribution in [0, 0.1) is 0 Å². The predicted octanol–water partition coefficient (Wildman–Crippen LogP) is 3.52. The highest BCUT2D eigenvalue weighted by Gasteiger charge is 2.07. The van der Waals surface area contributed by atoms with E-state index in [1.165, 1.54) is 12.8 Å². The molecule has 19 heavy (non-hydrogen) atoms. The number of hydrogen-bond donors (Lipinski definition) is 1. The van der Waals surface area contributed by atoms with Gasteiger partial charge in [0.25, 0.3) is 0 Å². The van der Waals surface area contributed by atoms with Gasteiger partial charge < -0.3 is 10.1 Å². The van der Waals surface area contributed by atoms with Crippen LogP contribution in [0.1, 0.15) is 31.7 Å². The number of pyridine rings is 1. The Labute approximate surface area is 115 Å². The summed E-state index contributed by atoms with van der Waals surface area (Å²) in [6.07, 6.45) is 3.50. The van der Waals surface area contributed by atoms with Gasteiger partial charge in [0.1, 0.15) is 0 Å². The maximum Gasteiger partial charge on any atom is 0.218 e. The molecule has 0 aliphatic carbocycles. The van der Waals surface area contributed by atoms with Crippen LogP contribution in [0.5, 0.6) is 5.88 Å². The molecule has 1 heterocycles. The molecular weight excluding hydrogens is 236 g/mol. The van der Waals surface area contributed by atoms with Crippen LogP contribution < -0.4 is 10.1 Å². The molecule has 102 valence electrons. The van der Waals surface area contributed by atoms with Gasteiger partial charge in [-0.3, -0.25) is 0 Å². The minimum atomic E-state index is 0.746. The first kappa shape index (κ1) is 13.8. The zero-order valence-electron chi connectivity index (χ0n) is 11.8. The van der Waals surface area contributed by atoms with Gasteiger partial charge in [0.15, 0.2) is 0 Å². The third kappa shape index (κ3) is 3.67. The van der Waals surface area contributed by atoms with Crippen LogP contribution in [0.3, 0.4) is 0 Å². The number of rotatable bonds is 7. The van der Waals surface area contributed by atoms with Crippen molar-refractivity contribution < 1.29 is 4.74 Å². The third-order valence-electron chi connectivity index (χ3n) is 3.12. The molecule has 0 spiro atoms. The Morgan fingerprint density at radius 1 is 1.21 bits per heavy atom. The molecule has 2 aromatic rings. The van der Waals surface area contributed by atoms with Gasteiger partial charge in [-0.1, -0.05) is 38.0 Å². The minimum Gasteiger partial charge on any atom is -0.477 e. The fourth-order valence-corrected chi connectivity index (χ4v) is 2.11. The van der Waals surface area contributed by atoms with Crippen molar-refractivity contribution in [2.75, 3.05) is 13.7 Å². The van der Waals surface area contributed by atoms with E-state index >= 15 is 0 Å². The highest BCUT2D eigenvalue weighted by atomic mass is 16.5. The van der Waals surface area contributed by atoms with E-state index in [0.717, 1.165) is 41.9 Å². The van der Waals surface area contributed by atoms with Gasteiger partial charge in [-0.2, -0.15) is 0 Å². The van der Waals surface area contributed by atoms with Gasteiger partial charge in [-0.15, -0.1) is 0 Å². The molecule has 0 unspecified atom stereocenters. The van der Waals surface area contributed by atoms with Crippen molar-refractivity contribution in [3.8, 4) is 5.88 Å². The molecule has 0 fully saturated rings. The van der Waals surface area contributed by atoms with Crippen molar-refractivity contribution in [2.45, 2.75) is 32.7 Å². The van der Waals surface area contributed by atoms with E-state index in [9.17, 15) is 0 Å². The van der Waals surface area contributed by atoms with Crippen LogP contribution in [0.2, 0.25) is 0 Å². The summed E-state index contributed by atoms with van der Waals surface area (Å²) in [5.41, 5.74) is 2.12. The van der Waals surface area contributed by atoms with Crippen LogP contribution >= 0.6 is 0 Å². The second kappa shape index (κ2) is 7.10. The van der Waals surface area contributed by atoms with Gasteiger partial charge in [0, 0.05) is 17.5 Å². The summed E-state index contributed by atoms with van der Waals surface area (Å²) < 4.78 is 5.85. The highest BCUT2D eigenvalue weighted by molar-refractivity contribution is 5.80. The number of ether oxygens (including phenoxy) is 1. The Kier molecular flexibility index (Phi) is 5.16. The molecule has 0 amide bonds. The monoisotopic (exact) mass is 258 g/mol. The van der Waals surface area contributed by atoms with Gasteiger partial charge >= 0.3 is 0 Å². The van der Waals surface area contributed by atoms with Crippen molar-refractivity contribution >= 4 is 10.9 Å². The number of aromatic nitrogens is 1. The first-order chi connectivity index (χ1) is 9.35. The lowest BCUT2D eigenvalue weighted by molar-refractivity contribution is 0.292. The zero-order valence-corrected chi connectivity index (χ0v) is 11.8. The Balaban J connectivity index is 2.20. The largest absolute Gasteiger partial charge is 0.477 e. The van der Waals surface area contributed by atoms with E-state index in [1.807, 2.05) is 25.2 Å². The van der Waals surface area contributed by atoms with Gasteiger partial charge in [0.05, 0.1) is 12.1 Å². The topological polar surface area (TPSA) is 34.1 Å². The number of nitrogens with one attached hydrogen (secondary N) is 1. The highest BCUT2D eigenvalue weighted by Crippen LogP contribution is 2.22. The van der Waals surface area contributed by atoms with Crippen molar-refractivity contribution in [2.24, 2.45) is 0 Å². The summed E-state index contributed by atoms with van der Waals surface area (Å²) in [5, 5.41) is 4.33. The van der Waals surface area contributed by atoms with Crippen molar-refractivity contribution in [1.29, 1.82) is 0 Å². The third-order valence-corrected chi connectivity index (χ3v) is 3.12. The second-order valence-electron chi connectivity index (χ2n) is 4.73. The van der Waals surface area contributed by atoms with Gasteiger partial charge in [0.2, 0.25) is 5.88 Å². The van der Waals surface area contributed by atoms with Crippen molar-refractivity contribution in [3.63, 3.8) is 0 Å². The lowest BCUT2D eigenvalue weighted by Crippen LogP contribution is -2.09. The molecule has 2 rings (SSSR count). The summed E-state index contributed by atoms with van der Waals surface area (Å²) in [4.78, 5) is 4.63. The lowest BCUT2D eigenvalue weighted by Gasteiger charge is -2.11. The van der Waals surface area contributed by atoms with Crippen LogP contribution in [0.15, 0.2) is 30.3 Å². The molecule has 0 aliphatic rings. The van der Waals surface area contributed by atoms with E-state index in [-0.39, 0.29) is 0 Å². The fraction of sp³-hybridized carbons (Fsp3) is 0.438. The summed E-state index contributed by atoms with van der Waals surface area (Å²) in [6.45, 7) is 3.72. The molecule has 0 bridgehead atoms. The van der Waals surface area contributed by atoms with Crippen molar-refractivity contribution in [1.82, 2.24) is 10.3 Å². The quantitative estimate of drug-likeness (QED) is 0.771. The SMILES string of the molecule is CCCCCOc1nc2ccccc2cc1CNC. The molecule has 1 aromatic heterocycles. The molecule has 0 saturated carbocycles. The van der Waals surface area contributed by atoms with Crippen LogP contribution in [-0.2, 0) is 6.54 Å². The maximum absolute atomic E-state index is 5.85. The average Bonchev–Trinajstić information content (AvgIpc) is 2.44. The number of fused-ring (bicyclic) bond motifs is 1. The van der Waals surface area contributed by atoms with E-state index in [1.54, 1.807) is 0 Å². The summed E-state index contributed by atoms with van der Waals surface area (Å²) >= 11 is 0. The molecule has 0 atom stereocenters. The Bertz CT molecular complexity index is 525. The maximum atomic E-state index is 5.85. The summed E-state index contributed by atoms with van der Waals surface area (Å²) in [7, 11) is 1.94. The molecule has 0 saturated heterocycles. The molecule has 3 heteroatoms. The predicted molar refractivity (Wildman–Crippen MR) is 79.5 cm³/mol. The number of para-hydroxylation sites is 1. The number of hydrogen-bond acceptors (Lipinski definition) is 3. The molecule has 3 nitrogen and oxygen atoms in total. The fourth-order valence-electron chi connectivity index (χ4n) is 2.11. The smallest absolute Gasteiger partial charge is 0.218 e. The van der Waals surface area contributed by atoms with Crippen molar-refractivity contribution in [3.05, 3.63) is 35.9 Å². The number of benzene rings is 1. The Morgan fingerprint density at radius 2 is 2.05 bits per heavy atom. The zero-order chi connectivity index (χ0) is 13.5. The Morgan fingerprint density at radius 3 is 2.84 bits per heavy atom. The minimum absolute atomic E-state index is 0.746. The van der Waals surface area contributed by atoms with Gasteiger partial charge in [-0.25, -0.2) is 4.98 Å². The normalized spacial score (nSPS) is 10.8. The van der Waals surface area contributed by atoms with E-state index < -0.39 is 0 Å². The number of unbranched alkanes of at least 4 members (excludes halogenated alkanes) is 2. The first-order valence-corrected chi connectivity index (χ1v) is 7.01. The second-order valence-corrected chi connectivity index (χ2v) is 4.73. The molecule has 0 aliphatic heterocycles. The Hall–Kier alpha value is -1.61. The van der Waals surface area contributed by atoms with E-state index in [0.29, 0.717) is 0 Å². The summed E-state index contributed by atoms with van der Waals surface area (Å²) in [6, 6.07) is 10.3. The van der Waals surface area contributed by atoms with Crippen LogP contribution in [-0.4, -0.2) is 18.6 Å². The molecule has 0 radical (unpaired) electrons. The first-order valence-electron chi connectivity index (χ1n) is 7.01. The van der Waals surface area contributed by atoms with E-state index in [4.69, 9.17) is 4.74 Å². The molecule has 1 aromatic carbocycles. The summed E-state index contributed by atoms with van der Waals surface area (Å²) in [5.74, 6) is 0.768. The molecular formula is C16H22N2O. The standard InChI is InChI=1S/C16H22N2O/c1-3-4-7-10-19-16-14(12-17-2)11-13-8-5-6-9-15(13)18-16/h5-6,8-9,11,17H,3-4,7,10,12H2,1-2H3. The van der Waals surface area contributed by atoms with E-state index in [2.05, 4.69) is 29.4 Å². The molecule has 1 N–H and O–H groups in total. The van der Waals surface area contributed by atoms with Crippen LogP contribution in [0.4, 0.5) is 0 Å². The number of nitrogens with zero attached hydrogens (tertiary/aromatic N) is 1. The lowest BCUT2D eigenvalue weighted by atomic mass is 10.1. The van der Waals surface area contributed by atoms with Crippen LogP contribution in [0.25, 0.3) is 10.9 Å².